The van der Waals surface area contributed by atoms with Crippen molar-refractivity contribution in [3.05, 3.63) is 0 Å². The van der Waals surface area contributed by atoms with Gasteiger partial charge < -0.3 is 5.11 Å². The molecule has 0 spiro atoms. The Morgan fingerprint density at radius 1 is 0.341 bits per heavy atom. The molecule has 0 aromatic carbocycles. The molecule has 0 saturated heterocycles. The summed E-state index contributed by atoms with van der Waals surface area (Å²) < 4.78 is 0. The van der Waals surface area contributed by atoms with Crippen LogP contribution in [0, 0.1) is 54.1 Å². The van der Waals surface area contributed by atoms with Crippen molar-refractivity contribution in [1.82, 2.24) is 0 Å². The molecule has 2 heteroatoms. The van der Waals surface area contributed by atoms with Crippen molar-refractivity contribution >= 4 is 5.97 Å². The fourth-order valence-corrected chi connectivity index (χ4v) is 12.5. The first kappa shape index (κ1) is 43.5. The fourth-order valence-electron chi connectivity index (χ4n) is 12.5. The van der Waals surface area contributed by atoms with Crippen molar-refractivity contribution in [3.63, 3.8) is 0 Å². The first-order valence-electron chi connectivity index (χ1n) is 19.0. The standard InChI is InChI=1S/C42H84O2/c1-22-33(11,12)35(14,24-3)37(16,26-5)39(18,28-7)41(20,30-9)42(21,31-10)40(19,29-8)38(17,27-6)36(15,25-4)34(13,23-2)32(43)44/h22-31H2,1-21H3,(H,43,44). The van der Waals surface area contributed by atoms with Crippen LogP contribution in [0.1, 0.15) is 210 Å². The SMILES string of the molecule is CCC(C)(C)C(C)(CC)C(C)(CC)C(C)(CC)C(C)(CC)C(C)(CC)C(C)(CC)C(C)(CC)C(C)(CC)C(C)(CC)C(=O)O. The molecule has 0 aliphatic rings. The van der Waals surface area contributed by atoms with Crippen molar-refractivity contribution in [1.29, 1.82) is 0 Å². The van der Waals surface area contributed by atoms with Crippen LogP contribution in [0.5, 0.6) is 0 Å². The zero-order valence-electron chi connectivity index (χ0n) is 34.4. The molecule has 0 heterocycles. The molecule has 0 fully saturated rings. The second kappa shape index (κ2) is 13.9. The van der Waals surface area contributed by atoms with E-state index >= 15 is 0 Å². The Morgan fingerprint density at radius 3 is 0.705 bits per heavy atom. The minimum Gasteiger partial charge on any atom is -0.481 e. The number of rotatable bonds is 20. The van der Waals surface area contributed by atoms with Crippen LogP contribution < -0.4 is 0 Å². The molecule has 0 aromatic rings. The molecule has 0 rings (SSSR count). The van der Waals surface area contributed by atoms with Gasteiger partial charge in [-0.2, -0.15) is 0 Å². The highest BCUT2D eigenvalue weighted by molar-refractivity contribution is 5.75. The summed E-state index contributed by atoms with van der Waals surface area (Å²) in [5.74, 6) is -0.642. The second-order valence-electron chi connectivity index (χ2n) is 17.7. The van der Waals surface area contributed by atoms with E-state index in [0.717, 1.165) is 51.4 Å². The lowest BCUT2D eigenvalue weighted by Gasteiger charge is -2.75. The first-order valence-corrected chi connectivity index (χ1v) is 19.0. The average Bonchev–Trinajstić information content (AvgIpc) is 3.03. The van der Waals surface area contributed by atoms with Gasteiger partial charge in [0.2, 0.25) is 0 Å². The monoisotopic (exact) mass is 621 g/mol. The Kier molecular flexibility index (Phi) is 13.7. The van der Waals surface area contributed by atoms with Gasteiger partial charge in [0.05, 0.1) is 5.41 Å². The van der Waals surface area contributed by atoms with Crippen LogP contribution in [-0.4, -0.2) is 11.1 Å². The van der Waals surface area contributed by atoms with Crippen molar-refractivity contribution in [2.75, 3.05) is 0 Å². The number of aliphatic carboxylic acids is 1. The molecule has 44 heavy (non-hydrogen) atoms. The highest BCUT2D eigenvalue weighted by atomic mass is 16.4. The van der Waals surface area contributed by atoms with Crippen molar-refractivity contribution in [2.24, 2.45) is 54.1 Å². The quantitative estimate of drug-likeness (QED) is 0.147. The third kappa shape index (κ3) is 5.01. The summed E-state index contributed by atoms with van der Waals surface area (Å²) in [5, 5.41) is 10.9. The van der Waals surface area contributed by atoms with Gasteiger partial charge in [-0.1, -0.05) is 145 Å². The predicted octanol–water partition coefficient (Wildman–Crippen LogP) is 14.3. The van der Waals surface area contributed by atoms with E-state index in [-0.39, 0.29) is 43.3 Å². The van der Waals surface area contributed by atoms with Crippen LogP contribution in [-0.2, 0) is 4.79 Å². The summed E-state index contributed by atoms with van der Waals surface area (Å²) in [6.07, 6.45) is 10.3. The minimum atomic E-state index is -0.821. The van der Waals surface area contributed by atoms with Gasteiger partial charge in [-0.05, 0) is 113 Å². The molecule has 1 N–H and O–H groups in total. The zero-order valence-corrected chi connectivity index (χ0v) is 34.4. The first-order chi connectivity index (χ1) is 19.8. The Labute approximate surface area is 279 Å². The molecule has 9 unspecified atom stereocenters. The van der Waals surface area contributed by atoms with Crippen LogP contribution in [0.15, 0.2) is 0 Å². The van der Waals surface area contributed by atoms with E-state index in [1.165, 1.54) is 6.42 Å². The van der Waals surface area contributed by atoms with Crippen LogP contribution in [0.25, 0.3) is 0 Å². The maximum Gasteiger partial charge on any atom is 0.309 e. The average molecular weight is 621 g/mol. The van der Waals surface area contributed by atoms with Gasteiger partial charge in [0.25, 0.3) is 0 Å². The van der Waals surface area contributed by atoms with E-state index in [9.17, 15) is 9.90 Å². The van der Waals surface area contributed by atoms with E-state index < -0.39 is 16.8 Å². The Bertz CT molecular complexity index is 953. The molecule has 0 radical (unpaired) electrons. The lowest BCUT2D eigenvalue weighted by Crippen LogP contribution is -2.69. The Hall–Kier alpha value is -0.530. The summed E-state index contributed by atoms with van der Waals surface area (Å²) in [4.78, 5) is 13.2. The molecule has 2 nitrogen and oxygen atoms in total. The largest absolute Gasteiger partial charge is 0.481 e. The van der Waals surface area contributed by atoms with E-state index in [2.05, 4.69) is 145 Å². The topological polar surface area (TPSA) is 37.3 Å². The fraction of sp³-hybridized carbons (Fsp3) is 0.976. The zero-order chi connectivity index (χ0) is 35.6. The molecule has 9 atom stereocenters. The number of carboxylic acid groups (broad SMARTS) is 1. The third-order valence-electron chi connectivity index (χ3n) is 19.0. The van der Waals surface area contributed by atoms with Crippen LogP contribution >= 0.6 is 0 Å². The van der Waals surface area contributed by atoms with Crippen LogP contribution in [0.2, 0.25) is 0 Å². The van der Waals surface area contributed by atoms with Gasteiger partial charge in [0, 0.05) is 0 Å². The van der Waals surface area contributed by atoms with E-state index in [0.29, 0.717) is 6.42 Å². The van der Waals surface area contributed by atoms with Gasteiger partial charge >= 0.3 is 5.97 Å². The minimum absolute atomic E-state index is 0.0177. The van der Waals surface area contributed by atoms with E-state index in [1.54, 1.807) is 0 Å². The summed E-state index contributed by atoms with van der Waals surface area (Å²) >= 11 is 0. The summed E-state index contributed by atoms with van der Waals surface area (Å²) in [6.45, 7) is 51.6. The van der Waals surface area contributed by atoms with Crippen molar-refractivity contribution in [2.45, 2.75) is 210 Å². The highest BCUT2D eigenvalue weighted by Crippen LogP contribution is 2.79. The Balaban J connectivity index is 8.47. The number of hydrogen-bond donors (Lipinski definition) is 1. The molecule has 0 aliphatic heterocycles. The van der Waals surface area contributed by atoms with Crippen molar-refractivity contribution in [3.8, 4) is 0 Å². The highest BCUT2D eigenvalue weighted by Gasteiger charge is 2.73. The lowest BCUT2D eigenvalue weighted by molar-refractivity contribution is -0.273. The van der Waals surface area contributed by atoms with Crippen LogP contribution in [0.4, 0.5) is 0 Å². The van der Waals surface area contributed by atoms with E-state index in [1.807, 2.05) is 0 Å². The normalized spacial score (nSPS) is 25.4. The van der Waals surface area contributed by atoms with Gasteiger partial charge in [-0.25, -0.2) is 0 Å². The number of carboxylic acids is 1. The lowest BCUT2D eigenvalue weighted by atomic mass is 9.29. The maximum absolute atomic E-state index is 13.2. The molecular weight excluding hydrogens is 536 g/mol. The maximum atomic E-state index is 13.2. The number of carbonyl (C=O) groups is 1. The van der Waals surface area contributed by atoms with Gasteiger partial charge in [-0.15, -0.1) is 0 Å². The molecule has 0 amide bonds. The smallest absolute Gasteiger partial charge is 0.309 e. The summed E-state index contributed by atoms with van der Waals surface area (Å²) in [7, 11) is 0. The van der Waals surface area contributed by atoms with E-state index in [4.69, 9.17) is 0 Å². The van der Waals surface area contributed by atoms with Gasteiger partial charge in [0.1, 0.15) is 0 Å². The molecule has 264 valence electrons. The molecule has 0 aromatic heterocycles. The molecule has 0 bridgehead atoms. The van der Waals surface area contributed by atoms with Crippen LogP contribution in [0.3, 0.4) is 0 Å². The number of hydrogen-bond acceptors (Lipinski definition) is 1. The predicted molar refractivity (Wildman–Crippen MR) is 197 cm³/mol. The molecular formula is C42H84O2. The van der Waals surface area contributed by atoms with Crippen molar-refractivity contribution < 1.29 is 9.90 Å². The summed E-state index contributed by atoms with van der Waals surface area (Å²) in [5.41, 5.74) is -1.22. The summed E-state index contributed by atoms with van der Waals surface area (Å²) in [6, 6.07) is 0. The second-order valence-corrected chi connectivity index (χ2v) is 17.7. The molecule has 0 aliphatic carbocycles. The third-order valence-corrected chi connectivity index (χ3v) is 19.0. The van der Waals surface area contributed by atoms with Gasteiger partial charge in [0.15, 0.2) is 0 Å². The molecule has 0 saturated carbocycles. The van der Waals surface area contributed by atoms with Gasteiger partial charge in [-0.3, -0.25) is 4.79 Å². The Morgan fingerprint density at radius 2 is 0.545 bits per heavy atom.